The van der Waals surface area contributed by atoms with Crippen molar-refractivity contribution in [3.8, 4) is 0 Å². The second kappa shape index (κ2) is 7.88. The Morgan fingerprint density at radius 3 is 2.35 bits per heavy atom. The summed E-state index contributed by atoms with van der Waals surface area (Å²) in [6.45, 7) is 6.43. The minimum atomic E-state index is -0.300. The molecule has 1 aromatic heterocycles. The molecule has 2 rings (SSSR count). The largest absolute Gasteiger partial charge is 0.332 e. The molecule has 0 radical (unpaired) electrons. The van der Waals surface area contributed by atoms with Gasteiger partial charge in [-0.3, -0.25) is 9.97 Å². The van der Waals surface area contributed by atoms with Crippen molar-refractivity contribution in [2.75, 3.05) is 5.32 Å². The van der Waals surface area contributed by atoms with Crippen LogP contribution in [0.15, 0.2) is 33.5 Å². The first-order valence-electron chi connectivity index (χ1n) is 7.18. The van der Waals surface area contributed by atoms with Crippen LogP contribution < -0.4 is 10.6 Å². The molecule has 0 bridgehead atoms. The number of urea groups is 1. The quantitative estimate of drug-likeness (QED) is 0.718. The number of hydrogen-bond acceptors (Lipinski definition) is 3. The molecule has 0 saturated carbocycles. The van der Waals surface area contributed by atoms with Crippen LogP contribution in [0.25, 0.3) is 0 Å². The van der Waals surface area contributed by atoms with E-state index in [2.05, 4.69) is 66.3 Å². The molecular formula is C16H18Br2N4O. The third-order valence-electron chi connectivity index (χ3n) is 3.23. The van der Waals surface area contributed by atoms with Crippen LogP contribution in [-0.4, -0.2) is 16.0 Å². The molecule has 1 aromatic carbocycles. The molecule has 5 nitrogen and oxygen atoms in total. The number of nitrogens with one attached hydrogen (secondary N) is 2. The number of amides is 2. The molecular weight excluding hydrogens is 424 g/mol. The predicted octanol–water partition coefficient (Wildman–Crippen LogP) is 4.76. The van der Waals surface area contributed by atoms with Gasteiger partial charge in [0.05, 0.1) is 29.8 Å². The van der Waals surface area contributed by atoms with Crippen molar-refractivity contribution in [3.63, 3.8) is 0 Å². The second-order valence-corrected chi connectivity index (χ2v) is 7.18. The normalized spacial score (nSPS) is 10.7. The molecule has 0 fully saturated rings. The number of nitrogens with zero attached hydrogens (tertiary/aromatic N) is 2. The topological polar surface area (TPSA) is 66.9 Å². The number of carbonyl (C=O) groups excluding carboxylic acids is 1. The number of carbonyl (C=O) groups is 1. The second-order valence-electron chi connectivity index (χ2n) is 5.47. The minimum Gasteiger partial charge on any atom is -0.332 e. The maximum atomic E-state index is 12.1. The van der Waals surface area contributed by atoms with Gasteiger partial charge < -0.3 is 10.6 Å². The van der Waals surface area contributed by atoms with Gasteiger partial charge in [-0.2, -0.15) is 0 Å². The van der Waals surface area contributed by atoms with Gasteiger partial charge in [-0.15, -0.1) is 0 Å². The van der Waals surface area contributed by atoms with Crippen molar-refractivity contribution in [1.82, 2.24) is 15.3 Å². The average Bonchev–Trinajstić information content (AvgIpc) is 2.50. The summed E-state index contributed by atoms with van der Waals surface area (Å²) < 4.78 is 1.67. The van der Waals surface area contributed by atoms with Gasteiger partial charge in [0.2, 0.25) is 0 Å². The Bertz CT molecular complexity index is 679. The Morgan fingerprint density at radius 2 is 1.83 bits per heavy atom. The molecule has 0 spiro atoms. The van der Waals surface area contributed by atoms with E-state index < -0.39 is 0 Å². The third kappa shape index (κ3) is 5.00. The fourth-order valence-electron chi connectivity index (χ4n) is 1.88. The van der Waals surface area contributed by atoms with Crippen LogP contribution >= 0.6 is 31.9 Å². The molecule has 0 atom stereocenters. The fraction of sp³-hybridized carbons (Fsp3) is 0.312. The van der Waals surface area contributed by atoms with Crippen molar-refractivity contribution in [2.24, 2.45) is 0 Å². The third-order valence-corrected chi connectivity index (χ3v) is 4.48. The number of rotatable bonds is 4. The van der Waals surface area contributed by atoms with E-state index in [1.54, 1.807) is 12.4 Å². The van der Waals surface area contributed by atoms with E-state index in [4.69, 9.17) is 0 Å². The first-order chi connectivity index (χ1) is 10.9. The zero-order chi connectivity index (χ0) is 17.0. The van der Waals surface area contributed by atoms with Crippen molar-refractivity contribution < 1.29 is 4.79 Å². The van der Waals surface area contributed by atoms with Crippen LogP contribution in [0.4, 0.5) is 10.5 Å². The Morgan fingerprint density at radius 1 is 1.17 bits per heavy atom. The number of aryl methyl sites for hydroxylation is 1. The van der Waals surface area contributed by atoms with Gasteiger partial charge in [-0.25, -0.2) is 4.79 Å². The van der Waals surface area contributed by atoms with Crippen LogP contribution in [0.1, 0.15) is 36.7 Å². The van der Waals surface area contributed by atoms with Gasteiger partial charge in [0.1, 0.15) is 0 Å². The van der Waals surface area contributed by atoms with E-state index in [0.29, 0.717) is 23.8 Å². The Labute approximate surface area is 152 Å². The van der Waals surface area contributed by atoms with Gasteiger partial charge in [0.15, 0.2) is 0 Å². The predicted molar refractivity (Wildman–Crippen MR) is 98.6 cm³/mol. The summed E-state index contributed by atoms with van der Waals surface area (Å²) in [7, 11) is 0. The molecule has 122 valence electrons. The summed E-state index contributed by atoms with van der Waals surface area (Å²) in [5, 5.41) is 5.60. The molecule has 0 unspecified atom stereocenters. The van der Waals surface area contributed by atoms with Crippen molar-refractivity contribution in [2.45, 2.75) is 33.2 Å². The lowest BCUT2D eigenvalue weighted by Crippen LogP contribution is -2.29. The lowest BCUT2D eigenvalue weighted by molar-refractivity contribution is 0.251. The highest BCUT2D eigenvalue weighted by Crippen LogP contribution is 2.34. The summed E-state index contributed by atoms with van der Waals surface area (Å²) in [5.74, 6) is 0.408. The van der Waals surface area contributed by atoms with Gasteiger partial charge >= 0.3 is 6.03 Å². The van der Waals surface area contributed by atoms with Crippen molar-refractivity contribution >= 4 is 43.6 Å². The monoisotopic (exact) mass is 440 g/mol. The van der Waals surface area contributed by atoms with Gasteiger partial charge in [0, 0.05) is 15.1 Å². The number of halogens is 2. The molecule has 2 amide bonds. The van der Waals surface area contributed by atoms with Crippen LogP contribution in [0.3, 0.4) is 0 Å². The van der Waals surface area contributed by atoms with E-state index in [1.165, 1.54) is 5.56 Å². The summed E-state index contributed by atoms with van der Waals surface area (Å²) in [5.41, 5.74) is 3.43. The summed E-state index contributed by atoms with van der Waals surface area (Å²) >= 11 is 7.01. The lowest BCUT2D eigenvalue weighted by atomic mass is 10.0. The highest BCUT2D eigenvalue weighted by atomic mass is 79.9. The number of benzene rings is 1. The Balaban J connectivity index is 2.01. The van der Waals surface area contributed by atoms with Gasteiger partial charge in [-0.05, 0) is 62.4 Å². The summed E-state index contributed by atoms with van der Waals surface area (Å²) in [6.07, 6.45) is 3.33. The molecule has 0 saturated heterocycles. The van der Waals surface area contributed by atoms with Crippen LogP contribution in [0.5, 0.6) is 0 Å². The minimum absolute atomic E-state index is 0.300. The van der Waals surface area contributed by atoms with Gasteiger partial charge in [-0.1, -0.05) is 13.8 Å². The zero-order valence-corrected chi connectivity index (χ0v) is 16.3. The zero-order valence-electron chi connectivity index (χ0n) is 13.2. The van der Waals surface area contributed by atoms with Crippen molar-refractivity contribution in [1.29, 1.82) is 0 Å². The smallest absolute Gasteiger partial charge is 0.319 e. The molecule has 7 heteroatoms. The van der Waals surface area contributed by atoms with E-state index in [0.717, 1.165) is 14.6 Å². The van der Waals surface area contributed by atoms with Crippen LogP contribution in [0.2, 0.25) is 0 Å². The van der Waals surface area contributed by atoms with E-state index in [9.17, 15) is 4.79 Å². The number of aromatic nitrogens is 2. The lowest BCUT2D eigenvalue weighted by Gasteiger charge is -2.14. The molecule has 0 aliphatic carbocycles. The maximum Gasteiger partial charge on any atom is 0.319 e. The SMILES string of the molecule is Cc1cnc(CNC(=O)Nc2c(Br)cc(C(C)C)cc2Br)cn1. The van der Waals surface area contributed by atoms with Crippen molar-refractivity contribution in [3.05, 3.63) is 50.4 Å². The number of anilines is 1. The Hall–Kier alpha value is -1.47. The first-order valence-corrected chi connectivity index (χ1v) is 8.76. The van der Waals surface area contributed by atoms with Gasteiger partial charge in [0.25, 0.3) is 0 Å². The average molecular weight is 442 g/mol. The summed E-state index contributed by atoms with van der Waals surface area (Å²) in [6, 6.07) is 3.72. The standard InChI is InChI=1S/C16H18Br2N4O/c1-9(2)11-4-13(17)15(14(18)5-11)22-16(23)21-8-12-7-19-10(3)6-20-12/h4-7,9H,8H2,1-3H3,(H2,21,22,23). The molecule has 2 aromatic rings. The summed E-state index contributed by atoms with van der Waals surface area (Å²) in [4.78, 5) is 20.4. The van der Waals surface area contributed by atoms with E-state index >= 15 is 0 Å². The molecule has 1 heterocycles. The van der Waals surface area contributed by atoms with Crippen LogP contribution in [0, 0.1) is 6.92 Å². The first kappa shape index (κ1) is 17.9. The molecule has 0 aliphatic heterocycles. The van der Waals surface area contributed by atoms with Crippen LogP contribution in [-0.2, 0) is 6.54 Å². The van der Waals surface area contributed by atoms with E-state index in [-0.39, 0.29) is 6.03 Å². The highest BCUT2D eigenvalue weighted by Gasteiger charge is 2.12. The highest BCUT2D eigenvalue weighted by molar-refractivity contribution is 9.11. The Kier molecular flexibility index (Phi) is 6.12. The fourth-order valence-corrected chi connectivity index (χ4v) is 3.30. The number of hydrogen-bond donors (Lipinski definition) is 2. The maximum absolute atomic E-state index is 12.1. The molecule has 2 N–H and O–H groups in total. The molecule has 0 aliphatic rings. The van der Waals surface area contributed by atoms with E-state index in [1.807, 2.05) is 19.1 Å². The molecule has 23 heavy (non-hydrogen) atoms.